The summed E-state index contributed by atoms with van der Waals surface area (Å²) in [4.78, 5) is 0. The third-order valence-electron chi connectivity index (χ3n) is 4.13. The van der Waals surface area contributed by atoms with Gasteiger partial charge in [0.05, 0.1) is 19.3 Å². The minimum absolute atomic E-state index is 0.0496. The number of hydrogen-bond acceptors (Lipinski definition) is 4. The highest BCUT2D eigenvalue weighted by atomic mass is 16.6. The summed E-state index contributed by atoms with van der Waals surface area (Å²) in [6.07, 6.45) is -0.234. The molecule has 2 aliphatic rings. The monoisotopic (exact) mass is 283 g/mol. The number of benzene rings is 2. The van der Waals surface area contributed by atoms with Crippen LogP contribution in [-0.4, -0.2) is 24.4 Å². The Bertz CT molecular complexity index is 644. The van der Waals surface area contributed by atoms with Gasteiger partial charge in [-0.15, -0.1) is 0 Å². The van der Waals surface area contributed by atoms with Crippen LogP contribution in [0.4, 0.5) is 5.69 Å². The van der Waals surface area contributed by atoms with E-state index in [1.807, 2.05) is 24.3 Å². The summed E-state index contributed by atoms with van der Waals surface area (Å²) in [5.74, 6) is 0.252. The van der Waals surface area contributed by atoms with E-state index >= 15 is 0 Å². The highest BCUT2D eigenvalue weighted by molar-refractivity contribution is 5.59. The molecule has 2 aromatic rings. The lowest BCUT2D eigenvalue weighted by Gasteiger charge is -2.43. The second kappa shape index (κ2) is 5.06. The molecule has 3 atom stereocenters. The van der Waals surface area contributed by atoms with Crippen molar-refractivity contribution in [3.8, 4) is 5.75 Å². The maximum atomic E-state index is 9.74. The number of rotatable bonds is 1. The molecule has 0 radical (unpaired) electrons. The lowest BCUT2D eigenvalue weighted by Crippen LogP contribution is -2.43. The van der Waals surface area contributed by atoms with Gasteiger partial charge in [0, 0.05) is 11.3 Å². The molecule has 4 rings (SSSR count). The van der Waals surface area contributed by atoms with Gasteiger partial charge in [-0.3, -0.25) is 0 Å². The maximum Gasteiger partial charge on any atom is 0.116 e. The van der Waals surface area contributed by atoms with Gasteiger partial charge in [-0.2, -0.15) is 0 Å². The Hall–Kier alpha value is -2.04. The number of nitrogens with one attached hydrogen (secondary N) is 1. The molecule has 2 aliphatic heterocycles. The average Bonchev–Trinajstić information content (AvgIpc) is 2.55. The minimum atomic E-state index is -0.146. The molecule has 0 aliphatic carbocycles. The Morgan fingerprint density at radius 3 is 2.67 bits per heavy atom. The van der Waals surface area contributed by atoms with Crippen LogP contribution in [0.25, 0.3) is 0 Å². The quantitative estimate of drug-likeness (QED) is 0.790. The predicted molar refractivity (Wildman–Crippen MR) is 79.3 cm³/mol. The fourth-order valence-electron chi connectivity index (χ4n) is 3.18. The largest absolute Gasteiger partial charge is 0.508 e. The maximum absolute atomic E-state index is 9.74. The van der Waals surface area contributed by atoms with Crippen LogP contribution >= 0.6 is 0 Å². The molecule has 0 saturated carbocycles. The third-order valence-corrected chi connectivity index (χ3v) is 4.13. The van der Waals surface area contributed by atoms with Gasteiger partial charge < -0.3 is 19.9 Å². The molecule has 0 bridgehead atoms. The van der Waals surface area contributed by atoms with Crippen molar-refractivity contribution in [1.82, 2.24) is 0 Å². The summed E-state index contributed by atoms with van der Waals surface area (Å²) < 4.78 is 11.9. The number of ether oxygens (including phenoxy) is 2. The Morgan fingerprint density at radius 1 is 1.00 bits per heavy atom. The Balaban J connectivity index is 1.79. The first kappa shape index (κ1) is 12.7. The van der Waals surface area contributed by atoms with Gasteiger partial charge in [-0.1, -0.05) is 30.3 Å². The molecule has 21 heavy (non-hydrogen) atoms. The third kappa shape index (κ3) is 2.17. The van der Waals surface area contributed by atoms with Crippen molar-refractivity contribution >= 4 is 5.69 Å². The van der Waals surface area contributed by atoms with Crippen molar-refractivity contribution in [2.75, 3.05) is 18.5 Å². The van der Waals surface area contributed by atoms with Crippen LogP contribution in [0.5, 0.6) is 5.75 Å². The summed E-state index contributed by atoms with van der Waals surface area (Å²) in [5.41, 5.74) is 3.14. The molecule has 108 valence electrons. The molecule has 1 saturated heterocycles. The fraction of sp³-hybridized carbons (Fsp3) is 0.294. The van der Waals surface area contributed by atoms with Gasteiger partial charge in [-0.05, 0) is 23.8 Å². The molecule has 2 heterocycles. The number of hydrogen-bond donors (Lipinski definition) is 2. The number of fused-ring (bicyclic) bond motifs is 3. The van der Waals surface area contributed by atoms with E-state index in [1.54, 1.807) is 12.1 Å². The van der Waals surface area contributed by atoms with E-state index in [-0.39, 0.29) is 24.0 Å². The summed E-state index contributed by atoms with van der Waals surface area (Å²) >= 11 is 0. The smallest absolute Gasteiger partial charge is 0.116 e. The summed E-state index contributed by atoms with van der Waals surface area (Å²) in [6.45, 7) is 1.18. The SMILES string of the molecule is Oc1ccc2c(c1)C1OCCOC1C(c1ccccc1)N2. The van der Waals surface area contributed by atoms with Gasteiger partial charge in [0.15, 0.2) is 0 Å². The molecule has 2 N–H and O–H groups in total. The molecule has 0 spiro atoms. The van der Waals surface area contributed by atoms with Crippen LogP contribution in [0, 0.1) is 0 Å². The highest BCUT2D eigenvalue weighted by Gasteiger charge is 2.41. The molecule has 0 aromatic heterocycles. The lowest BCUT2D eigenvalue weighted by atomic mass is 9.87. The van der Waals surface area contributed by atoms with Gasteiger partial charge in [0.1, 0.15) is 18.0 Å². The Labute approximate surface area is 123 Å². The summed E-state index contributed by atoms with van der Waals surface area (Å²) in [7, 11) is 0. The van der Waals surface area contributed by atoms with Gasteiger partial charge >= 0.3 is 0 Å². The first-order chi connectivity index (χ1) is 10.3. The molecular weight excluding hydrogens is 266 g/mol. The average molecular weight is 283 g/mol. The van der Waals surface area contributed by atoms with Crippen LogP contribution < -0.4 is 5.32 Å². The van der Waals surface area contributed by atoms with E-state index in [9.17, 15) is 5.11 Å². The molecule has 1 fully saturated rings. The lowest BCUT2D eigenvalue weighted by molar-refractivity contribution is -0.151. The van der Waals surface area contributed by atoms with E-state index in [0.717, 1.165) is 11.3 Å². The minimum Gasteiger partial charge on any atom is -0.508 e. The normalized spacial score (nSPS) is 27.3. The molecular formula is C17H17NO3. The summed E-state index contributed by atoms with van der Waals surface area (Å²) in [5, 5.41) is 13.3. The van der Waals surface area contributed by atoms with Crippen molar-refractivity contribution < 1.29 is 14.6 Å². The standard InChI is InChI=1S/C17H17NO3/c19-12-6-7-14-13(10-12)16-17(21-9-8-20-16)15(18-14)11-4-2-1-3-5-11/h1-7,10,15-19H,8-9H2. The number of phenols is 1. The first-order valence-corrected chi connectivity index (χ1v) is 7.20. The van der Waals surface area contributed by atoms with E-state index in [2.05, 4.69) is 17.4 Å². The van der Waals surface area contributed by atoms with E-state index < -0.39 is 0 Å². The van der Waals surface area contributed by atoms with Crippen molar-refractivity contribution in [2.24, 2.45) is 0 Å². The second-order valence-corrected chi connectivity index (χ2v) is 5.43. The zero-order valence-corrected chi connectivity index (χ0v) is 11.5. The van der Waals surface area contributed by atoms with E-state index in [1.165, 1.54) is 5.56 Å². The van der Waals surface area contributed by atoms with E-state index in [4.69, 9.17) is 9.47 Å². The Morgan fingerprint density at radius 2 is 1.81 bits per heavy atom. The zero-order chi connectivity index (χ0) is 14.2. The van der Waals surface area contributed by atoms with Crippen molar-refractivity contribution in [3.05, 3.63) is 59.7 Å². The first-order valence-electron chi connectivity index (χ1n) is 7.20. The van der Waals surface area contributed by atoms with Crippen molar-refractivity contribution in [1.29, 1.82) is 0 Å². The van der Waals surface area contributed by atoms with Gasteiger partial charge in [-0.25, -0.2) is 0 Å². The number of anilines is 1. The van der Waals surface area contributed by atoms with Gasteiger partial charge in [0.2, 0.25) is 0 Å². The van der Waals surface area contributed by atoms with Gasteiger partial charge in [0.25, 0.3) is 0 Å². The predicted octanol–water partition coefficient (Wildman–Crippen LogP) is 3.02. The molecule has 2 aromatic carbocycles. The highest BCUT2D eigenvalue weighted by Crippen LogP contribution is 2.44. The van der Waals surface area contributed by atoms with E-state index in [0.29, 0.717) is 13.2 Å². The topological polar surface area (TPSA) is 50.7 Å². The molecule has 0 amide bonds. The molecule has 3 unspecified atom stereocenters. The molecule has 4 heteroatoms. The number of aromatic hydroxyl groups is 1. The van der Waals surface area contributed by atoms with Crippen molar-refractivity contribution in [3.63, 3.8) is 0 Å². The van der Waals surface area contributed by atoms with Crippen LogP contribution in [0.15, 0.2) is 48.5 Å². The van der Waals surface area contributed by atoms with Crippen molar-refractivity contribution in [2.45, 2.75) is 18.2 Å². The zero-order valence-electron chi connectivity index (χ0n) is 11.5. The fourth-order valence-corrected chi connectivity index (χ4v) is 3.18. The second-order valence-electron chi connectivity index (χ2n) is 5.43. The van der Waals surface area contributed by atoms with Crippen LogP contribution in [0.3, 0.4) is 0 Å². The molecule has 4 nitrogen and oxygen atoms in total. The summed E-state index contributed by atoms with van der Waals surface area (Å²) in [6, 6.07) is 15.7. The van der Waals surface area contributed by atoms with Crippen LogP contribution in [0.2, 0.25) is 0 Å². The number of phenolic OH excluding ortho intramolecular Hbond substituents is 1. The Kier molecular flexibility index (Phi) is 3.05. The van der Waals surface area contributed by atoms with Crippen LogP contribution in [-0.2, 0) is 9.47 Å². The van der Waals surface area contributed by atoms with Crippen LogP contribution in [0.1, 0.15) is 23.3 Å².